The number of likely N-dealkylation sites (tertiary alicyclic amines) is 1. The number of pyridine rings is 1. The molecule has 2 saturated carbocycles. The zero-order valence-electron chi connectivity index (χ0n) is 37.3. The van der Waals surface area contributed by atoms with Gasteiger partial charge in [-0.3, -0.25) is 23.9 Å². The van der Waals surface area contributed by atoms with Gasteiger partial charge in [0.1, 0.15) is 40.4 Å². The number of ether oxygens (including phenoxy) is 2. The third-order valence-corrected chi connectivity index (χ3v) is 15.9. The summed E-state index contributed by atoms with van der Waals surface area (Å²) >= 11 is 1.49. The van der Waals surface area contributed by atoms with Gasteiger partial charge in [-0.25, -0.2) is 18.4 Å². The van der Waals surface area contributed by atoms with Crippen molar-refractivity contribution in [3.63, 3.8) is 0 Å². The highest BCUT2D eigenvalue weighted by Gasteiger charge is 2.51. The lowest BCUT2D eigenvalue weighted by Gasteiger charge is -2.27. The largest absolute Gasteiger partial charge is 0.496 e. The number of fused-ring (bicyclic) bond motifs is 1. The van der Waals surface area contributed by atoms with E-state index in [1.807, 2.05) is 42.7 Å². The van der Waals surface area contributed by atoms with Crippen molar-refractivity contribution in [2.24, 2.45) is 24.6 Å². The number of allylic oxidation sites excluding steroid dienone is 2. The molecule has 1 saturated heterocycles. The number of amides is 4. The molecule has 19 heteroatoms. The van der Waals surface area contributed by atoms with Crippen molar-refractivity contribution in [3.8, 4) is 22.2 Å². The normalized spacial score (nSPS) is 21.1. The predicted octanol–water partition coefficient (Wildman–Crippen LogP) is 5.48. The van der Waals surface area contributed by atoms with Crippen LogP contribution in [0.2, 0.25) is 0 Å². The Kier molecular flexibility index (Phi) is 14.1. The van der Waals surface area contributed by atoms with Gasteiger partial charge in [0, 0.05) is 41.8 Å². The molecule has 7 rings (SSSR count). The maximum Gasteiger partial charge on any atom is 0.274 e. The van der Waals surface area contributed by atoms with Gasteiger partial charge >= 0.3 is 0 Å². The highest BCUT2D eigenvalue weighted by molar-refractivity contribution is 7.91. The molecule has 64 heavy (non-hydrogen) atoms. The van der Waals surface area contributed by atoms with Crippen LogP contribution in [0.3, 0.4) is 0 Å². The van der Waals surface area contributed by atoms with Crippen molar-refractivity contribution in [2.75, 3.05) is 13.7 Å². The minimum Gasteiger partial charge on any atom is -0.496 e. The van der Waals surface area contributed by atoms with Crippen LogP contribution in [-0.4, -0.2) is 98.5 Å². The molecule has 0 spiro atoms. The van der Waals surface area contributed by atoms with Gasteiger partial charge in [0.05, 0.1) is 35.8 Å². The zero-order chi connectivity index (χ0) is 45.9. The predicted molar refractivity (Wildman–Crippen MR) is 242 cm³/mol. The Labute approximate surface area is 378 Å². The molecule has 3 aliphatic rings. The Bertz CT molecular complexity index is 2530. The molecule has 344 valence electrons. The average Bonchev–Trinajstić information content (AvgIpc) is 3.79. The molecule has 1 aromatic carbocycles. The van der Waals surface area contributed by atoms with E-state index < -0.39 is 56.6 Å². The van der Waals surface area contributed by atoms with Gasteiger partial charge in [0.15, 0.2) is 5.69 Å². The standard InChI is InChI=1S/C45H59N9O8S2/c1-26(2)35-25-63-43(50-35)33-22-38(31-17-18-37(61-6)27(3)39(31)48-33)62-29-21-36(40(46)55)54(24-29)44(58)32(49-42(57)34-23-47-53(5)51-34)16-11-9-7-8-10-13-28-14-12-15-30(28)41(56)52-64(59,60)45(4)19-20-45/h10,13,17-18,22-23,25-26,28-30,32,36H,7-9,11-12,14-16,19-21,24H2,1-6H3,(H2,46,55)(H,49,57)(H,52,56)/b13-10-/t28-,29-,30?,32+,36+/m1/s1. The number of nitrogens with two attached hydrogens (primary N) is 1. The molecule has 1 unspecified atom stereocenters. The summed E-state index contributed by atoms with van der Waals surface area (Å²) in [7, 11) is -0.500. The first-order chi connectivity index (χ1) is 30.5. The second-order valence-corrected chi connectivity index (χ2v) is 20.9. The molecule has 2 aliphatic carbocycles. The summed E-state index contributed by atoms with van der Waals surface area (Å²) < 4.78 is 39.1. The van der Waals surface area contributed by atoms with Crippen molar-refractivity contribution in [2.45, 2.75) is 127 Å². The molecule has 3 aromatic heterocycles. The van der Waals surface area contributed by atoms with Crippen LogP contribution in [0.5, 0.6) is 11.5 Å². The van der Waals surface area contributed by atoms with Crippen LogP contribution in [0, 0.1) is 18.8 Å². The number of benzene rings is 1. The van der Waals surface area contributed by atoms with Gasteiger partial charge in [-0.2, -0.15) is 9.90 Å². The first-order valence-corrected chi connectivity index (χ1v) is 24.5. The molecule has 1 aliphatic heterocycles. The number of nitrogens with zero attached hydrogens (tertiary/aromatic N) is 6. The SMILES string of the molecule is COc1ccc2c(O[C@@H]3C[C@@H](C(N)=O)N(C(=O)[C@H](CCCCC/C=C\[C@@H]4CCCC4C(=O)NS(=O)(=O)C4(C)CC4)NC(=O)c4cnn(C)n4)C3)cc(-c3nc(C(C)C)cs3)nc2c1C. The molecule has 3 fully saturated rings. The van der Waals surface area contributed by atoms with E-state index in [4.69, 9.17) is 25.2 Å². The quantitative estimate of drug-likeness (QED) is 0.0785. The molecule has 4 N–H and O–H groups in total. The van der Waals surface area contributed by atoms with E-state index in [-0.39, 0.29) is 42.8 Å². The van der Waals surface area contributed by atoms with Crippen LogP contribution in [0.4, 0.5) is 0 Å². The van der Waals surface area contributed by atoms with Gasteiger partial charge in [-0.1, -0.05) is 45.3 Å². The van der Waals surface area contributed by atoms with Crippen molar-refractivity contribution >= 4 is 55.9 Å². The Morgan fingerprint density at radius 3 is 2.55 bits per heavy atom. The number of methoxy groups -OCH3 is 1. The molecule has 4 heterocycles. The number of rotatable bonds is 19. The Morgan fingerprint density at radius 1 is 1.09 bits per heavy atom. The maximum atomic E-state index is 14.5. The van der Waals surface area contributed by atoms with E-state index in [9.17, 15) is 27.6 Å². The van der Waals surface area contributed by atoms with E-state index >= 15 is 0 Å². The van der Waals surface area contributed by atoms with Crippen LogP contribution >= 0.6 is 11.3 Å². The second kappa shape index (κ2) is 19.4. The molecule has 0 radical (unpaired) electrons. The van der Waals surface area contributed by atoms with Gasteiger partial charge in [0.25, 0.3) is 5.91 Å². The fraction of sp³-hybridized carbons (Fsp3) is 0.556. The van der Waals surface area contributed by atoms with Gasteiger partial charge in [0.2, 0.25) is 27.7 Å². The molecular formula is C45H59N9O8S2. The van der Waals surface area contributed by atoms with E-state index in [0.717, 1.165) is 53.8 Å². The van der Waals surface area contributed by atoms with Crippen LogP contribution in [-0.2, 0) is 31.5 Å². The third kappa shape index (κ3) is 10.2. The second-order valence-electron chi connectivity index (χ2n) is 17.8. The topological polar surface area (TPSA) is 231 Å². The fourth-order valence-corrected chi connectivity index (χ4v) is 10.8. The molecule has 5 atom stereocenters. The lowest BCUT2D eigenvalue weighted by Crippen LogP contribution is -2.53. The van der Waals surface area contributed by atoms with Crippen molar-refractivity contribution in [1.82, 2.24) is 39.9 Å². The highest BCUT2D eigenvalue weighted by atomic mass is 32.2. The molecule has 4 aromatic rings. The minimum atomic E-state index is -3.69. The number of thiazole rings is 1. The number of unbranched alkanes of at least 4 members (excludes halogenated alkanes) is 3. The lowest BCUT2D eigenvalue weighted by molar-refractivity contribution is -0.139. The van der Waals surface area contributed by atoms with E-state index in [2.05, 4.69) is 34.1 Å². The summed E-state index contributed by atoms with van der Waals surface area (Å²) in [5.74, 6) is -1.14. The highest BCUT2D eigenvalue weighted by Crippen LogP contribution is 2.43. The number of carbonyl (C=O) groups excluding carboxylic acids is 4. The van der Waals surface area contributed by atoms with Crippen LogP contribution in [0.1, 0.15) is 119 Å². The number of hydrogen-bond donors (Lipinski definition) is 3. The zero-order valence-corrected chi connectivity index (χ0v) is 39.0. The Balaban J connectivity index is 1.02. The number of carbonyl (C=O) groups is 4. The summed E-state index contributed by atoms with van der Waals surface area (Å²) in [5, 5.41) is 14.4. The molecular weight excluding hydrogens is 859 g/mol. The van der Waals surface area contributed by atoms with Crippen molar-refractivity contribution in [1.29, 1.82) is 0 Å². The van der Waals surface area contributed by atoms with Crippen molar-refractivity contribution in [3.05, 3.63) is 58.9 Å². The summed E-state index contributed by atoms with van der Waals surface area (Å²) in [6, 6.07) is 3.58. The summed E-state index contributed by atoms with van der Waals surface area (Å²) in [6.07, 6.45) is 11.4. The molecule has 4 amide bonds. The van der Waals surface area contributed by atoms with Crippen LogP contribution in [0.25, 0.3) is 21.6 Å². The fourth-order valence-electron chi connectivity index (χ4n) is 8.57. The minimum absolute atomic E-state index is 0.0325. The maximum absolute atomic E-state index is 14.5. The summed E-state index contributed by atoms with van der Waals surface area (Å²) in [4.78, 5) is 66.4. The smallest absolute Gasteiger partial charge is 0.274 e. The van der Waals surface area contributed by atoms with Gasteiger partial charge < -0.3 is 25.4 Å². The van der Waals surface area contributed by atoms with Gasteiger partial charge in [-0.15, -0.1) is 16.4 Å². The Morgan fingerprint density at radius 2 is 1.88 bits per heavy atom. The van der Waals surface area contributed by atoms with E-state index in [1.165, 1.54) is 27.2 Å². The number of nitrogens with one attached hydrogen (secondary N) is 2. The monoisotopic (exact) mass is 917 g/mol. The van der Waals surface area contributed by atoms with Crippen LogP contribution in [0.15, 0.2) is 41.9 Å². The Hall–Kier alpha value is -5.43. The number of aryl methyl sites for hydroxylation is 2. The molecule has 17 nitrogen and oxygen atoms in total. The number of primary amides is 1. The van der Waals surface area contributed by atoms with Crippen molar-refractivity contribution < 1.29 is 37.1 Å². The third-order valence-electron chi connectivity index (χ3n) is 12.8. The first kappa shape index (κ1) is 46.6. The lowest BCUT2D eigenvalue weighted by atomic mass is 9.94. The van der Waals surface area contributed by atoms with Crippen LogP contribution < -0.4 is 25.2 Å². The van der Waals surface area contributed by atoms with E-state index in [0.29, 0.717) is 48.4 Å². The summed E-state index contributed by atoms with van der Waals surface area (Å²) in [6.45, 7) is 7.80. The number of hydrogen-bond acceptors (Lipinski definition) is 13. The summed E-state index contributed by atoms with van der Waals surface area (Å²) in [5.41, 5.74) is 9.07. The number of aromatic nitrogens is 5. The van der Waals surface area contributed by atoms with E-state index in [1.54, 1.807) is 21.1 Å². The number of sulfonamides is 1. The van der Waals surface area contributed by atoms with Gasteiger partial charge in [-0.05, 0) is 82.8 Å². The molecule has 0 bridgehead atoms. The average molecular weight is 918 g/mol. The first-order valence-electron chi connectivity index (χ1n) is 22.1.